The van der Waals surface area contributed by atoms with Crippen molar-refractivity contribution in [3.05, 3.63) is 42.1 Å². The second-order valence-corrected chi connectivity index (χ2v) is 6.70. The first kappa shape index (κ1) is 12.3. The highest BCUT2D eigenvalue weighted by atomic mass is 14.7. The molecule has 1 heterocycles. The molecule has 0 spiro atoms. The molecule has 2 aliphatic rings. The van der Waals surface area contributed by atoms with Crippen molar-refractivity contribution in [3.63, 3.8) is 0 Å². The SMILES string of the molecule is NC(CC1CC2CCC1C2)c1cccc2cccnc12. The second-order valence-electron chi connectivity index (χ2n) is 6.70. The van der Waals surface area contributed by atoms with Gasteiger partial charge in [-0.15, -0.1) is 0 Å². The molecule has 0 radical (unpaired) electrons. The van der Waals surface area contributed by atoms with Crippen molar-refractivity contribution >= 4 is 10.9 Å². The zero-order valence-corrected chi connectivity index (χ0v) is 11.8. The van der Waals surface area contributed by atoms with E-state index in [9.17, 15) is 0 Å². The van der Waals surface area contributed by atoms with Gasteiger partial charge in [-0.05, 0) is 55.1 Å². The number of rotatable bonds is 3. The van der Waals surface area contributed by atoms with Gasteiger partial charge in [0.1, 0.15) is 0 Å². The molecular weight excluding hydrogens is 244 g/mol. The first-order valence-corrected chi connectivity index (χ1v) is 7.90. The minimum Gasteiger partial charge on any atom is -0.324 e. The van der Waals surface area contributed by atoms with Gasteiger partial charge in [0.05, 0.1) is 5.52 Å². The van der Waals surface area contributed by atoms with Crippen molar-refractivity contribution in [2.75, 3.05) is 0 Å². The topological polar surface area (TPSA) is 38.9 Å². The average Bonchev–Trinajstić information content (AvgIpc) is 3.09. The maximum atomic E-state index is 6.53. The summed E-state index contributed by atoms with van der Waals surface area (Å²) < 4.78 is 0. The Kier molecular flexibility index (Phi) is 2.99. The first-order valence-electron chi connectivity index (χ1n) is 7.90. The number of nitrogens with zero attached hydrogens (tertiary/aromatic N) is 1. The van der Waals surface area contributed by atoms with E-state index < -0.39 is 0 Å². The lowest BCUT2D eigenvalue weighted by molar-refractivity contribution is 0.296. The molecule has 2 bridgehead atoms. The molecule has 104 valence electrons. The van der Waals surface area contributed by atoms with Gasteiger partial charge in [-0.25, -0.2) is 0 Å². The van der Waals surface area contributed by atoms with Crippen LogP contribution in [0.5, 0.6) is 0 Å². The lowest BCUT2D eigenvalue weighted by Crippen LogP contribution is -2.19. The van der Waals surface area contributed by atoms with Gasteiger partial charge in [0.25, 0.3) is 0 Å². The van der Waals surface area contributed by atoms with E-state index in [0.717, 1.165) is 29.7 Å². The third-order valence-electron chi connectivity index (χ3n) is 5.50. The van der Waals surface area contributed by atoms with Crippen molar-refractivity contribution in [3.8, 4) is 0 Å². The number of pyridine rings is 1. The molecular formula is C18H22N2. The Balaban J connectivity index is 1.59. The molecule has 1 aromatic heterocycles. The summed E-state index contributed by atoms with van der Waals surface area (Å²) >= 11 is 0. The molecule has 2 heteroatoms. The lowest BCUT2D eigenvalue weighted by atomic mass is 9.82. The summed E-state index contributed by atoms with van der Waals surface area (Å²) in [6, 6.07) is 10.6. The Bertz CT molecular complexity index is 616. The van der Waals surface area contributed by atoms with Crippen molar-refractivity contribution in [2.45, 2.75) is 38.1 Å². The highest BCUT2D eigenvalue weighted by Gasteiger charge is 2.39. The smallest absolute Gasteiger partial charge is 0.0749 e. The average molecular weight is 266 g/mol. The molecule has 4 unspecified atom stereocenters. The standard InChI is InChI=1S/C18H22N2/c19-17(11-15-10-12-6-7-14(15)9-12)16-5-1-3-13-4-2-8-20-18(13)16/h1-5,8,12,14-15,17H,6-7,9-11,19H2. The van der Waals surface area contributed by atoms with Crippen LogP contribution in [-0.2, 0) is 0 Å². The summed E-state index contributed by atoms with van der Waals surface area (Å²) in [7, 11) is 0. The molecule has 2 saturated carbocycles. The molecule has 2 N–H and O–H groups in total. The van der Waals surface area contributed by atoms with Gasteiger partial charge in [0.15, 0.2) is 0 Å². The fourth-order valence-electron chi connectivity index (χ4n) is 4.55. The zero-order chi connectivity index (χ0) is 13.5. The molecule has 2 aromatic rings. The maximum Gasteiger partial charge on any atom is 0.0749 e. The second kappa shape index (κ2) is 4.85. The molecule has 2 fully saturated rings. The van der Waals surface area contributed by atoms with Crippen LogP contribution in [0.1, 0.15) is 43.7 Å². The van der Waals surface area contributed by atoms with Crippen LogP contribution in [0, 0.1) is 17.8 Å². The molecule has 4 atom stereocenters. The van der Waals surface area contributed by atoms with Gasteiger partial charge >= 0.3 is 0 Å². The Hall–Kier alpha value is -1.41. The summed E-state index contributed by atoms with van der Waals surface area (Å²) in [5, 5.41) is 1.20. The summed E-state index contributed by atoms with van der Waals surface area (Å²) in [5.41, 5.74) is 8.85. The van der Waals surface area contributed by atoms with Crippen LogP contribution in [0.15, 0.2) is 36.5 Å². The van der Waals surface area contributed by atoms with E-state index in [1.54, 1.807) is 0 Å². The summed E-state index contributed by atoms with van der Waals surface area (Å²) in [6.45, 7) is 0. The van der Waals surface area contributed by atoms with Crippen LogP contribution in [0.2, 0.25) is 0 Å². The van der Waals surface area contributed by atoms with E-state index in [-0.39, 0.29) is 6.04 Å². The van der Waals surface area contributed by atoms with E-state index in [1.807, 2.05) is 12.3 Å². The van der Waals surface area contributed by atoms with E-state index >= 15 is 0 Å². The van der Waals surface area contributed by atoms with Crippen LogP contribution >= 0.6 is 0 Å². The number of fused-ring (bicyclic) bond motifs is 3. The maximum absolute atomic E-state index is 6.53. The van der Waals surface area contributed by atoms with Crippen LogP contribution in [0.4, 0.5) is 0 Å². The highest BCUT2D eigenvalue weighted by molar-refractivity contribution is 5.81. The molecule has 0 aliphatic heterocycles. The minimum atomic E-state index is 0.137. The van der Waals surface area contributed by atoms with Crippen LogP contribution in [0.25, 0.3) is 10.9 Å². The highest BCUT2D eigenvalue weighted by Crippen LogP contribution is 2.50. The molecule has 2 nitrogen and oxygen atoms in total. The summed E-state index contributed by atoms with van der Waals surface area (Å²) in [4.78, 5) is 4.54. The summed E-state index contributed by atoms with van der Waals surface area (Å²) in [6.07, 6.45) is 8.79. The van der Waals surface area contributed by atoms with Crippen molar-refractivity contribution in [1.29, 1.82) is 0 Å². The third-order valence-corrected chi connectivity index (χ3v) is 5.50. The Morgan fingerprint density at radius 3 is 2.85 bits per heavy atom. The first-order chi connectivity index (χ1) is 9.81. The molecule has 2 aliphatic carbocycles. The van der Waals surface area contributed by atoms with E-state index in [2.05, 4.69) is 29.2 Å². The van der Waals surface area contributed by atoms with Crippen molar-refractivity contribution in [1.82, 2.24) is 4.98 Å². The normalized spacial score (nSPS) is 29.9. The predicted octanol–water partition coefficient (Wildman–Crippen LogP) is 4.06. The minimum absolute atomic E-state index is 0.137. The van der Waals surface area contributed by atoms with Crippen LogP contribution < -0.4 is 5.73 Å². The van der Waals surface area contributed by atoms with Gasteiger partial charge in [-0.1, -0.05) is 30.7 Å². The number of para-hydroxylation sites is 1. The molecule has 20 heavy (non-hydrogen) atoms. The fourth-order valence-corrected chi connectivity index (χ4v) is 4.55. The molecule has 0 amide bonds. The monoisotopic (exact) mass is 266 g/mol. The van der Waals surface area contributed by atoms with Crippen LogP contribution in [-0.4, -0.2) is 4.98 Å². The van der Waals surface area contributed by atoms with Gasteiger partial charge in [-0.2, -0.15) is 0 Å². The van der Waals surface area contributed by atoms with E-state index in [4.69, 9.17) is 5.73 Å². The number of hydrogen-bond acceptors (Lipinski definition) is 2. The fraction of sp³-hybridized carbons (Fsp3) is 0.500. The largest absolute Gasteiger partial charge is 0.324 e. The van der Waals surface area contributed by atoms with E-state index in [0.29, 0.717) is 0 Å². The number of hydrogen-bond donors (Lipinski definition) is 1. The zero-order valence-electron chi connectivity index (χ0n) is 11.8. The van der Waals surface area contributed by atoms with Gasteiger partial charge in [0, 0.05) is 17.6 Å². The predicted molar refractivity (Wildman–Crippen MR) is 82.2 cm³/mol. The Labute approximate surface area is 120 Å². The van der Waals surface area contributed by atoms with Crippen molar-refractivity contribution in [2.24, 2.45) is 23.5 Å². The Morgan fingerprint density at radius 2 is 2.05 bits per heavy atom. The van der Waals surface area contributed by atoms with Crippen LogP contribution in [0.3, 0.4) is 0 Å². The van der Waals surface area contributed by atoms with Gasteiger partial charge < -0.3 is 5.73 Å². The third kappa shape index (κ3) is 2.03. The van der Waals surface area contributed by atoms with Crippen molar-refractivity contribution < 1.29 is 0 Å². The molecule has 4 rings (SSSR count). The summed E-state index contributed by atoms with van der Waals surface area (Å²) in [5.74, 6) is 2.81. The number of benzene rings is 1. The lowest BCUT2D eigenvalue weighted by Gasteiger charge is -2.25. The molecule has 1 aromatic carbocycles. The number of aromatic nitrogens is 1. The number of nitrogens with two attached hydrogens (primary N) is 1. The van der Waals surface area contributed by atoms with Gasteiger partial charge in [-0.3, -0.25) is 4.98 Å². The molecule has 0 saturated heterocycles. The van der Waals surface area contributed by atoms with Gasteiger partial charge in [0.2, 0.25) is 0 Å². The quantitative estimate of drug-likeness (QED) is 0.909. The van der Waals surface area contributed by atoms with E-state index in [1.165, 1.54) is 36.6 Å². The Morgan fingerprint density at radius 1 is 1.15 bits per heavy atom.